The van der Waals surface area contributed by atoms with Gasteiger partial charge >= 0.3 is 45.3 Å². The van der Waals surface area contributed by atoms with Gasteiger partial charge in [0.2, 0.25) is 0 Å². The molecule has 0 aromatic heterocycles. The van der Waals surface area contributed by atoms with Gasteiger partial charge < -0.3 is 17.7 Å². The van der Waals surface area contributed by atoms with E-state index in [1.807, 2.05) is 53.7 Å². The molecule has 0 saturated heterocycles. The summed E-state index contributed by atoms with van der Waals surface area (Å²) in [5, 5.41) is 10.6. The van der Waals surface area contributed by atoms with Crippen LogP contribution in [0.3, 0.4) is 0 Å². The molecule has 0 aliphatic carbocycles. The molecule has 6 heteroatoms. The summed E-state index contributed by atoms with van der Waals surface area (Å²) >= 11 is 0. The zero-order chi connectivity index (χ0) is 17.3. The molecule has 1 aromatic carbocycles. The zero-order valence-electron chi connectivity index (χ0n) is 17.2. The number of rotatable bonds is 4. The molecule has 0 spiro atoms. The summed E-state index contributed by atoms with van der Waals surface area (Å²) < 4.78 is 11.0. The first-order valence-corrected chi connectivity index (χ1v) is 9.43. The van der Waals surface area contributed by atoms with Crippen LogP contribution in [0.4, 0.5) is 0 Å². The summed E-state index contributed by atoms with van der Waals surface area (Å²) in [4.78, 5) is 18.0. The Morgan fingerprint density at radius 2 is 1.39 bits per heavy atom. The molecule has 0 aliphatic heterocycles. The molecular formula is C17H31CaO4P. The van der Waals surface area contributed by atoms with E-state index in [4.69, 9.17) is 9.79 Å². The van der Waals surface area contributed by atoms with Gasteiger partial charge in [0.25, 0.3) is 0 Å². The average molecular weight is 370 g/mol. The van der Waals surface area contributed by atoms with Gasteiger partial charge in [0, 0.05) is 0 Å². The van der Waals surface area contributed by atoms with Crippen LogP contribution < -0.4 is 0 Å². The van der Waals surface area contributed by atoms with E-state index in [-0.39, 0.29) is 57.6 Å². The summed E-state index contributed by atoms with van der Waals surface area (Å²) in [6.45, 7) is 12.3. The van der Waals surface area contributed by atoms with Crippen LogP contribution in [-0.2, 0) is 21.8 Å². The molecule has 1 aromatic rings. The summed E-state index contributed by atoms with van der Waals surface area (Å²) in [7, 11) is -3.95. The summed E-state index contributed by atoms with van der Waals surface area (Å²) in [5.41, 5.74) is 2.39. The number of hydrogen-bond acceptors (Lipinski definition) is 2. The minimum absolute atomic E-state index is 0. The summed E-state index contributed by atoms with van der Waals surface area (Å²) in [6.07, 6.45) is 0.920. The smallest absolute Gasteiger partial charge is 1.00 e. The van der Waals surface area contributed by atoms with Crippen molar-refractivity contribution in [2.75, 3.05) is 6.16 Å². The van der Waals surface area contributed by atoms with E-state index in [2.05, 4.69) is 0 Å². The van der Waals surface area contributed by atoms with Crippen LogP contribution in [0.25, 0.3) is 0 Å². The normalized spacial score (nSPS) is 12.9. The molecule has 0 amide bonds. The first kappa shape index (κ1) is 23.4. The van der Waals surface area contributed by atoms with Gasteiger partial charge in [-0.05, 0) is 40.4 Å². The van der Waals surface area contributed by atoms with Crippen LogP contribution in [0.5, 0.6) is 5.75 Å². The molecular weight excluding hydrogens is 339 g/mol. The van der Waals surface area contributed by atoms with Gasteiger partial charge in [-0.3, -0.25) is 4.57 Å². The van der Waals surface area contributed by atoms with Crippen LogP contribution in [0.2, 0.25) is 0 Å². The Hall–Kier alpha value is 0.430. The molecule has 0 atom stereocenters. The molecule has 0 heterocycles. The van der Waals surface area contributed by atoms with Crippen molar-refractivity contribution in [3.05, 3.63) is 28.8 Å². The van der Waals surface area contributed by atoms with E-state index in [0.717, 1.165) is 16.7 Å². The number of benzene rings is 1. The maximum atomic E-state index is 11.0. The summed E-state index contributed by atoms with van der Waals surface area (Å²) in [6, 6.07) is 3.93. The van der Waals surface area contributed by atoms with Gasteiger partial charge in [-0.15, -0.1) is 0 Å². The maximum Gasteiger partial charge on any atom is 2.00 e. The monoisotopic (exact) mass is 370 g/mol. The van der Waals surface area contributed by atoms with E-state index < -0.39 is 7.60 Å². The van der Waals surface area contributed by atoms with Gasteiger partial charge in [0.05, 0.1) is 6.16 Å². The Morgan fingerprint density at radius 1 is 1.00 bits per heavy atom. The Kier molecular flexibility index (Phi) is 8.36. The third-order valence-electron chi connectivity index (χ3n) is 3.70. The minimum atomic E-state index is -3.95. The van der Waals surface area contributed by atoms with Gasteiger partial charge in [0.15, 0.2) is 0 Å². The second kappa shape index (κ2) is 8.21. The number of phenolic OH excluding ortho intramolecular Hbond substituents is 1. The van der Waals surface area contributed by atoms with E-state index in [1.165, 1.54) is 0 Å². The SMILES string of the molecule is CC(C)(C)c1cc(CCCP(=O)(O)O)cc(C(C)(C)C)c1O.[Ca+2].[H-].[H-]. The van der Waals surface area contributed by atoms with Crippen molar-refractivity contribution in [1.82, 2.24) is 0 Å². The molecule has 0 unspecified atom stereocenters. The Bertz CT molecular complexity index is 554. The predicted molar refractivity (Wildman–Crippen MR) is 98.7 cm³/mol. The molecule has 0 saturated carbocycles. The number of phenols is 1. The minimum Gasteiger partial charge on any atom is -1.00 e. The van der Waals surface area contributed by atoms with Crippen molar-refractivity contribution in [1.29, 1.82) is 0 Å². The van der Waals surface area contributed by atoms with E-state index in [9.17, 15) is 9.67 Å². The molecule has 4 nitrogen and oxygen atoms in total. The fraction of sp³-hybridized carbons (Fsp3) is 0.647. The molecule has 0 radical (unpaired) electrons. The van der Waals surface area contributed by atoms with Crippen LogP contribution >= 0.6 is 7.60 Å². The van der Waals surface area contributed by atoms with Gasteiger partial charge in [-0.1, -0.05) is 53.7 Å². The predicted octanol–water partition coefficient (Wildman–Crippen LogP) is 3.94. The second-order valence-corrected chi connectivity index (χ2v) is 9.81. The van der Waals surface area contributed by atoms with Crippen molar-refractivity contribution in [2.24, 2.45) is 0 Å². The third kappa shape index (κ3) is 7.46. The van der Waals surface area contributed by atoms with Crippen molar-refractivity contribution >= 4 is 45.3 Å². The third-order valence-corrected chi connectivity index (χ3v) is 4.60. The largest absolute Gasteiger partial charge is 2.00 e. The number of aromatic hydroxyl groups is 1. The molecule has 23 heavy (non-hydrogen) atoms. The van der Waals surface area contributed by atoms with E-state index in [0.29, 0.717) is 18.6 Å². The Balaban J connectivity index is -0.00000161. The zero-order valence-corrected chi connectivity index (χ0v) is 18.3. The molecule has 0 fully saturated rings. The van der Waals surface area contributed by atoms with Gasteiger partial charge in [-0.25, -0.2) is 0 Å². The maximum absolute atomic E-state index is 11.0. The quantitative estimate of drug-likeness (QED) is 0.554. The molecule has 130 valence electrons. The number of hydrogen-bond donors (Lipinski definition) is 3. The van der Waals surface area contributed by atoms with Crippen molar-refractivity contribution < 1.29 is 22.3 Å². The molecule has 0 bridgehead atoms. The second-order valence-electron chi connectivity index (χ2n) is 8.03. The van der Waals surface area contributed by atoms with Crippen LogP contribution in [0.1, 0.15) is 67.5 Å². The fourth-order valence-corrected chi connectivity index (χ4v) is 3.04. The first-order valence-electron chi connectivity index (χ1n) is 7.63. The van der Waals surface area contributed by atoms with Crippen molar-refractivity contribution in [2.45, 2.75) is 65.2 Å². The van der Waals surface area contributed by atoms with Crippen molar-refractivity contribution in [3.63, 3.8) is 0 Å². The molecule has 1 rings (SSSR count). The van der Waals surface area contributed by atoms with Crippen LogP contribution in [0.15, 0.2) is 12.1 Å². The first-order chi connectivity index (χ1) is 9.72. The van der Waals surface area contributed by atoms with Gasteiger partial charge in [-0.2, -0.15) is 0 Å². The van der Waals surface area contributed by atoms with E-state index >= 15 is 0 Å². The van der Waals surface area contributed by atoms with Crippen molar-refractivity contribution in [3.8, 4) is 5.75 Å². The Labute approximate surface area is 172 Å². The van der Waals surface area contributed by atoms with Crippen LogP contribution in [0, 0.1) is 0 Å². The molecule has 3 N–H and O–H groups in total. The number of aryl methyl sites for hydroxylation is 1. The average Bonchev–Trinajstić information content (AvgIpc) is 2.26. The topological polar surface area (TPSA) is 77.8 Å². The Morgan fingerprint density at radius 3 is 1.70 bits per heavy atom. The standard InChI is InChI=1S/C17H29O4P.Ca.2H/c1-16(2,3)13-10-12(8-7-9-22(19,20)21)11-14(15(13)18)17(4,5)6;;;/h10-11,18H,7-9H2,1-6H3,(H2,19,20,21);;;/q;+2;2*-1. The molecule has 0 aliphatic rings. The van der Waals surface area contributed by atoms with Gasteiger partial charge in [0.1, 0.15) is 5.75 Å². The summed E-state index contributed by atoms with van der Waals surface area (Å²) in [5.74, 6) is 0.332. The van der Waals surface area contributed by atoms with Crippen LogP contribution in [-0.4, -0.2) is 58.8 Å². The fourth-order valence-electron chi connectivity index (χ4n) is 2.47. The van der Waals surface area contributed by atoms with E-state index in [1.54, 1.807) is 0 Å².